The van der Waals surface area contributed by atoms with Gasteiger partial charge in [0.2, 0.25) is 5.91 Å². The van der Waals surface area contributed by atoms with Crippen molar-refractivity contribution < 1.29 is 19.2 Å². The first-order chi connectivity index (χ1) is 12.1. The van der Waals surface area contributed by atoms with Crippen molar-refractivity contribution >= 4 is 5.91 Å². The lowest BCUT2D eigenvalue weighted by Gasteiger charge is -2.42. The van der Waals surface area contributed by atoms with Crippen molar-refractivity contribution in [3.8, 4) is 0 Å². The van der Waals surface area contributed by atoms with Gasteiger partial charge in [0.15, 0.2) is 0 Å². The Labute approximate surface area is 147 Å². The highest BCUT2D eigenvalue weighted by Crippen LogP contribution is 2.24. The SMILES string of the molecule is Cc1cccc(C[C@]2(CO)CN(C(=O)CCc3ccno3)CCO2)c1. The van der Waals surface area contributed by atoms with Crippen molar-refractivity contribution in [2.24, 2.45) is 0 Å². The van der Waals surface area contributed by atoms with Gasteiger partial charge in [-0.05, 0) is 12.5 Å². The van der Waals surface area contributed by atoms with Gasteiger partial charge in [-0.2, -0.15) is 0 Å². The molecule has 6 nitrogen and oxygen atoms in total. The number of ether oxygens (including phenoxy) is 1. The van der Waals surface area contributed by atoms with Crippen LogP contribution in [0.1, 0.15) is 23.3 Å². The zero-order valence-electron chi connectivity index (χ0n) is 14.5. The molecule has 2 heterocycles. The first-order valence-corrected chi connectivity index (χ1v) is 8.58. The van der Waals surface area contributed by atoms with E-state index in [9.17, 15) is 9.90 Å². The molecule has 0 aliphatic carbocycles. The van der Waals surface area contributed by atoms with Gasteiger partial charge in [0, 0.05) is 31.9 Å². The van der Waals surface area contributed by atoms with Gasteiger partial charge in [-0.25, -0.2) is 0 Å². The molecule has 1 aromatic carbocycles. The molecular weight excluding hydrogens is 320 g/mol. The normalized spacial score (nSPS) is 20.6. The number of amides is 1. The van der Waals surface area contributed by atoms with Gasteiger partial charge in [0.05, 0.1) is 26.0 Å². The van der Waals surface area contributed by atoms with Gasteiger partial charge in [0.1, 0.15) is 11.4 Å². The van der Waals surface area contributed by atoms with E-state index in [-0.39, 0.29) is 12.5 Å². The van der Waals surface area contributed by atoms with Gasteiger partial charge in [-0.15, -0.1) is 0 Å². The van der Waals surface area contributed by atoms with E-state index in [1.54, 1.807) is 17.2 Å². The van der Waals surface area contributed by atoms with Crippen LogP contribution in [0.3, 0.4) is 0 Å². The standard InChI is InChI=1S/C19H24N2O4/c1-15-3-2-4-16(11-15)12-19(14-22)13-21(9-10-24-19)18(23)6-5-17-7-8-20-25-17/h2-4,7-8,11,22H,5-6,9-10,12-14H2,1H3/t19-/m1/s1. The second-order valence-corrected chi connectivity index (χ2v) is 6.65. The van der Waals surface area contributed by atoms with Crippen LogP contribution in [0.4, 0.5) is 0 Å². The first kappa shape index (κ1) is 17.6. The van der Waals surface area contributed by atoms with Gasteiger partial charge in [-0.3, -0.25) is 4.79 Å². The Morgan fingerprint density at radius 3 is 3.00 bits per heavy atom. The molecule has 1 aliphatic rings. The molecule has 1 saturated heterocycles. The summed E-state index contributed by atoms with van der Waals surface area (Å²) in [5.41, 5.74) is 1.53. The number of aromatic nitrogens is 1. The van der Waals surface area contributed by atoms with Crippen LogP contribution in [-0.2, 0) is 22.4 Å². The highest BCUT2D eigenvalue weighted by molar-refractivity contribution is 5.76. The highest BCUT2D eigenvalue weighted by atomic mass is 16.5. The molecule has 0 spiro atoms. The molecule has 2 aromatic rings. The Hall–Kier alpha value is -2.18. The number of rotatable bonds is 6. The van der Waals surface area contributed by atoms with Crippen LogP contribution in [0.2, 0.25) is 0 Å². The molecule has 0 unspecified atom stereocenters. The van der Waals surface area contributed by atoms with Crippen molar-refractivity contribution in [1.82, 2.24) is 10.1 Å². The summed E-state index contributed by atoms with van der Waals surface area (Å²) in [6.07, 6.45) is 3.05. The Morgan fingerprint density at radius 1 is 1.40 bits per heavy atom. The van der Waals surface area contributed by atoms with Crippen LogP contribution >= 0.6 is 0 Å². The predicted molar refractivity (Wildman–Crippen MR) is 92.1 cm³/mol. The van der Waals surface area contributed by atoms with E-state index in [0.29, 0.717) is 44.7 Å². The third-order valence-electron chi connectivity index (χ3n) is 4.57. The Bertz CT molecular complexity index is 701. The van der Waals surface area contributed by atoms with Crippen LogP contribution in [0, 0.1) is 6.92 Å². The molecule has 3 rings (SSSR count). The second kappa shape index (κ2) is 7.80. The van der Waals surface area contributed by atoms with E-state index >= 15 is 0 Å². The lowest BCUT2D eigenvalue weighted by atomic mass is 9.92. The van der Waals surface area contributed by atoms with Gasteiger partial charge in [-0.1, -0.05) is 35.0 Å². The molecule has 1 aliphatic heterocycles. The molecule has 134 valence electrons. The average Bonchev–Trinajstić information content (AvgIpc) is 3.13. The molecule has 0 bridgehead atoms. The minimum atomic E-state index is -0.742. The molecule has 1 fully saturated rings. The van der Waals surface area contributed by atoms with Crippen LogP contribution in [-0.4, -0.2) is 53.0 Å². The topological polar surface area (TPSA) is 75.8 Å². The van der Waals surface area contributed by atoms with E-state index in [0.717, 1.165) is 5.56 Å². The summed E-state index contributed by atoms with van der Waals surface area (Å²) in [6.45, 7) is 3.29. The summed E-state index contributed by atoms with van der Waals surface area (Å²) < 4.78 is 11.0. The quantitative estimate of drug-likeness (QED) is 0.864. The third kappa shape index (κ3) is 4.46. The zero-order valence-corrected chi connectivity index (χ0v) is 14.5. The molecule has 0 radical (unpaired) electrons. The number of hydrogen-bond acceptors (Lipinski definition) is 5. The summed E-state index contributed by atoms with van der Waals surface area (Å²) >= 11 is 0. The summed E-state index contributed by atoms with van der Waals surface area (Å²) in [5, 5.41) is 13.6. The summed E-state index contributed by atoms with van der Waals surface area (Å²) in [6, 6.07) is 9.92. The van der Waals surface area contributed by atoms with E-state index in [1.165, 1.54) is 5.56 Å². The molecule has 1 N–H and O–H groups in total. The van der Waals surface area contributed by atoms with Gasteiger partial charge < -0.3 is 19.3 Å². The van der Waals surface area contributed by atoms with E-state index in [2.05, 4.69) is 11.2 Å². The fourth-order valence-electron chi connectivity index (χ4n) is 3.27. The minimum Gasteiger partial charge on any atom is -0.393 e. The number of aliphatic hydroxyl groups excluding tert-OH is 1. The number of carbonyl (C=O) groups excluding carboxylic acids is 1. The second-order valence-electron chi connectivity index (χ2n) is 6.65. The molecule has 6 heteroatoms. The Kier molecular flexibility index (Phi) is 5.50. The van der Waals surface area contributed by atoms with E-state index in [4.69, 9.17) is 9.26 Å². The monoisotopic (exact) mass is 344 g/mol. The molecule has 1 aromatic heterocycles. The molecule has 25 heavy (non-hydrogen) atoms. The van der Waals surface area contributed by atoms with Crippen LogP contribution in [0.25, 0.3) is 0 Å². The van der Waals surface area contributed by atoms with Gasteiger partial charge >= 0.3 is 0 Å². The summed E-state index contributed by atoms with van der Waals surface area (Å²) in [5.74, 6) is 0.747. The Balaban J connectivity index is 1.64. The van der Waals surface area contributed by atoms with E-state index < -0.39 is 5.60 Å². The summed E-state index contributed by atoms with van der Waals surface area (Å²) in [7, 11) is 0. The van der Waals surface area contributed by atoms with E-state index in [1.807, 2.05) is 25.1 Å². The maximum atomic E-state index is 12.5. The predicted octanol–water partition coefficient (Wildman–Crippen LogP) is 1.75. The summed E-state index contributed by atoms with van der Waals surface area (Å²) in [4.78, 5) is 14.3. The Morgan fingerprint density at radius 2 is 2.28 bits per heavy atom. The van der Waals surface area contributed by atoms with Crippen LogP contribution in [0.15, 0.2) is 41.1 Å². The number of nitrogens with zero attached hydrogens (tertiary/aromatic N) is 2. The largest absolute Gasteiger partial charge is 0.393 e. The molecular formula is C19H24N2O4. The van der Waals surface area contributed by atoms with Crippen LogP contribution < -0.4 is 0 Å². The first-order valence-electron chi connectivity index (χ1n) is 8.58. The average molecular weight is 344 g/mol. The number of hydrogen-bond donors (Lipinski definition) is 1. The number of aliphatic hydroxyl groups is 1. The van der Waals surface area contributed by atoms with Crippen molar-refractivity contribution in [2.75, 3.05) is 26.3 Å². The number of aryl methyl sites for hydroxylation is 2. The van der Waals surface area contributed by atoms with Crippen molar-refractivity contribution in [2.45, 2.75) is 31.8 Å². The lowest BCUT2D eigenvalue weighted by molar-refractivity contribution is -0.158. The number of morpholine rings is 1. The lowest BCUT2D eigenvalue weighted by Crippen LogP contribution is -2.56. The zero-order chi connectivity index (χ0) is 17.7. The fourth-order valence-corrected chi connectivity index (χ4v) is 3.27. The number of benzene rings is 1. The highest BCUT2D eigenvalue weighted by Gasteiger charge is 2.38. The molecule has 0 saturated carbocycles. The maximum Gasteiger partial charge on any atom is 0.223 e. The molecule has 1 atom stereocenters. The van der Waals surface area contributed by atoms with Crippen molar-refractivity contribution in [3.05, 3.63) is 53.4 Å². The fraction of sp³-hybridized carbons (Fsp3) is 0.474. The smallest absolute Gasteiger partial charge is 0.223 e. The molecule has 1 amide bonds. The maximum absolute atomic E-state index is 12.5. The van der Waals surface area contributed by atoms with Crippen LogP contribution in [0.5, 0.6) is 0 Å². The van der Waals surface area contributed by atoms with Crippen molar-refractivity contribution in [3.63, 3.8) is 0 Å². The van der Waals surface area contributed by atoms with Gasteiger partial charge in [0.25, 0.3) is 0 Å². The number of carbonyl (C=O) groups is 1. The van der Waals surface area contributed by atoms with Crippen molar-refractivity contribution in [1.29, 1.82) is 0 Å². The third-order valence-corrected chi connectivity index (χ3v) is 4.57. The minimum absolute atomic E-state index is 0.0433.